The van der Waals surface area contributed by atoms with Crippen LogP contribution in [0.1, 0.15) is 26.7 Å². The highest BCUT2D eigenvalue weighted by Crippen LogP contribution is 2.05. The van der Waals surface area contributed by atoms with E-state index >= 15 is 0 Å². The lowest BCUT2D eigenvalue weighted by Crippen LogP contribution is -2.40. The highest BCUT2D eigenvalue weighted by Gasteiger charge is 2.13. The normalized spacial score (nSPS) is 15.4. The Hall–Kier alpha value is -0.160. The Balaban J connectivity index is 3.99. The molecule has 98 valence electrons. The number of aliphatic hydroxyl groups is 1. The van der Waals surface area contributed by atoms with Crippen LogP contribution >= 0.6 is 0 Å². The minimum Gasteiger partial charge on any atom is -0.395 e. The molecule has 0 radical (unpaired) electrons. The highest BCUT2D eigenvalue weighted by molar-refractivity contribution is 4.70. The smallest absolute Gasteiger partial charge is 0.0589 e. The summed E-state index contributed by atoms with van der Waals surface area (Å²) in [5, 5.41) is 12.2. The molecule has 0 aliphatic rings. The van der Waals surface area contributed by atoms with Gasteiger partial charge in [0.25, 0.3) is 0 Å². The first-order valence-electron chi connectivity index (χ1n) is 6.20. The third-order valence-corrected chi connectivity index (χ3v) is 3.19. The molecule has 0 aliphatic heterocycles. The zero-order valence-electron chi connectivity index (χ0n) is 11.2. The van der Waals surface area contributed by atoms with Gasteiger partial charge < -0.3 is 15.2 Å². The minimum atomic E-state index is 0.203. The van der Waals surface area contributed by atoms with Crippen LogP contribution in [0, 0.1) is 0 Å². The maximum absolute atomic E-state index is 9.11. The van der Waals surface area contributed by atoms with Gasteiger partial charge in [-0.2, -0.15) is 0 Å². The average Bonchev–Trinajstić information content (AvgIpc) is 2.33. The summed E-state index contributed by atoms with van der Waals surface area (Å²) >= 11 is 0. The summed E-state index contributed by atoms with van der Waals surface area (Å²) in [5.41, 5.74) is 0. The van der Waals surface area contributed by atoms with Crippen LogP contribution in [-0.2, 0) is 4.74 Å². The molecule has 0 saturated carbocycles. The van der Waals surface area contributed by atoms with Gasteiger partial charge in [0.15, 0.2) is 0 Å². The summed E-state index contributed by atoms with van der Waals surface area (Å²) in [6.45, 7) is 7.38. The molecule has 0 spiro atoms. The van der Waals surface area contributed by atoms with Crippen LogP contribution in [0.15, 0.2) is 0 Å². The van der Waals surface area contributed by atoms with Gasteiger partial charge in [0.05, 0.1) is 13.2 Å². The number of methoxy groups -OCH3 is 1. The summed E-state index contributed by atoms with van der Waals surface area (Å²) in [5.74, 6) is 0. The Morgan fingerprint density at radius 1 is 1.38 bits per heavy atom. The first-order valence-corrected chi connectivity index (χ1v) is 6.20. The number of nitrogens with one attached hydrogen (secondary N) is 1. The Morgan fingerprint density at radius 2 is 2.06 bits per heavy atom. The van der Waals surface area contributed by atoms with E-state index in [4.69, 9.17) is 9.84 Å². The van der Waals surface area contributed by atoms with E-state index in [0.29, 0.717) is 6.04 Å². The van der Waals surface area contributed by atoms with E-state index in [2.05, 4.69) is 24.1 Å². The van der Waals surface area contributed by atoms with E-state index in [1.54, 1.807) is 7.11 Å². The maximum atomic E-state index is 9.11. The molecular formula is C12H28N2O2. The molecule has 0 heterocycles. The SMILES string of the molecule is CCC(C)N(CCOC)CCC(CO)NC. The molecule has 0 saturated heterocycles. The average molecular weight is 232 g/mol. The van der Waals surface area contributed by atoms with E-state index in [9.17, 15) is 0 Å². The lowest BCUT2D eigenvalue weighted by Gasteiger charge is -2.29. The first kappa shape index (κ1) is 15.8. The Kier molecular flexibility index (Phi) is 9.92. The van der Waals surface area contributed by atoms with E-state index < -0.39 is 0 Å². The van der Waals surface area contributed by atoms with Crippen molar-refractivity contribution in [1.29, 1.82) is 0 Å². The molecule has 4 heteroatoms. The fourth-order valence-corrected chi connectivity index (χ4v) is 1.67. The zero-order valence-corrected chi connectivity index (χ0v) is 11.2. The maximum Gasteiger partial charge on any atom is 0.0589 e. The topological polar surface area (TPSA) is 44.7 Å². The van der Waals surface area contributed by atoms with Crippen LogP contribution < -0.4 is 5.32 Å². The van der Waals surface area contributed by atoms with Gasteiger partial charge in [0.2, 0.25) is 0 Å². The van der Waals surface area contributed by atoms with Crippen molar-refractivity contribution in [2.45, 2.75) is 38.8 Å². The highest BCUT2D eigenvalue weighted by atomic mass is 16.5. The predicted octanol–water partition coefficient (Wildman–Crippen LogP) is 0.704. The van der Waals surface area contributed by atoms with Crippen LogP contribution in [0.3, 0.4) is 0 Å². The van der Waals surface area contributed by atoms with Gasteiger partial charge in [0.1, 0.15) is 0 Å². The molecule has 0 rings (SSSR count). The summed E-state index contributed by atoms with van der Waals surface area (Å²) in [6.07, 6.45) is 2.12. The van der Waals surface area contributed by atoms with Crippen molar-refractivity contribution in [3.63, 3.8) is 0 Å². The minimum absolute atomic E-state index is 0.203. The van der Waals surface area contributed by atoms with Gasteiger partial charge in [0, 0.05) is 32.3 Å². The monoisotopic (exact) mass is 232 g/mol. The third-order valence-electron chi connectivity index (χ3n) is 3.19. The molecule has 0 aliphatic carbocycles. The Labute approximate surface area is 100.0 Å². The molecule has 0 fully saturated rings. The molecule has 0 amide bonds. The van der Waals surface area contributed by atoms with Crippen molar-refractivity contribution in [3.8, 4) is 0 Å². The second-order valence-corrected chi connectivity index (χ2v) is 4.24. The molecule has 0 aromatic carbocycles. The molecule has 16 heavy (non-hydrogen) atoms. The van der Waals surface area contributed by atoms with Crippen LogP contribution in [0.4, 0.5) is 0 Å². The number of hydrogen-bond acceptors (Lipinski definition) is 4. The van der Waals surface area contributed by atoms with Gasteiger partial charge in [-0.15, -0.1) is 0 Å². The van der Waals surface area contributed by atoms with Crippen LogP contribution in [0.2, 0.25) is 0 Å². The van der Waals surface area contributed by atoms with Crippen molar-refractivity contribution >= 4 is 0 Å². The largest absolute Gasteiger partial charge is 0.395 e. The van der Waals surface area contributed by atoms with Gasteiger partial charge in [-0.1, -0.05) is 6.92 Å². The number of aliphatic hydroxyl groups excluding tert-OH is 1. The summed E-state index contributed by atoms with van der Waals surface area (Å²) in [7, 11) is 3.63. The standard InChI is InChI=1S/C12H28N2O2/c1-5-11(2)14(8-9-16-4)7-6-12(10-15)13-3/h11-13,15H,5-10H2,1-4H3. The fourth-order valence-electron chi connectivity index (χ4n) is 1.67. The summed E-state index contributed by atoms with van der Waals surface area (Å²) < 4.78 is 5.12. The number of rotatable bonds is 10. The molecule has 2 unspecified atom stereocenters. The van der Waals surface area contributed by atoms with Crippen molar-refractivity contribution in [3.05, 3.63) is 0 Å². The van der Waals surface area contributed by atoms with Crippen LogP contribution in [0.5, 0.6) is 0 Å². The molecule has 2 atom stereocenters. The van der Waals surface area contributed by atoms with E-state index in [-0.39, 0.29) is 12.6 Å². The first-order chi connectivity index (χ1) is 7.69. The van der Waals surface area contributed by atoms with Gasteiger partial charge in [-0.05, 0) is 26.8 Å². The second kappa shape index (κ2) is 10.0. The summed E-state index contributed by atoms with van der Waals surface area (Å²) in [4.78, 5) is 2.42. The molecule has 0 bridgehead atoms. The molecule has 0 aromatic heterocycles. The van der Waals surface area contributed by atoms with Gasteiger partial charge in [-0.25, -0.2) is 0 Å². The van der Waals surface area contributed by atoms with Crippen molar-refractivity contribution in [1.82, 2.24) is 10.2 Å². The van der Waals surface area contributed by atoms with E-state index in [1.165, 1.54) is 0 Å². The third kappa shape index (κ3) is 6.43. The second-order valence-electron chi connectivity index (χ2n) is 4.24. The Bertz CT molecular complexity index is 152. The number of nitrogens with zero attached hydrogens (tertiary/aromatic N) is 1. The fraction of sp³-hybridized carbons (Fsp3) is 1.00. The van der Waals surface area contributed by atoms with Gasteiger partial charge >= 0.3 is 0 Å². The lowest BCUT2D eigenvalue weighted by molar-refractivity contribution is 0.116. The molecule has 4 nitrogen and oxygen atoms in total. The predicted molar refractivity (Wildman–Crippen MR) is 67.8 cm³/mol. The quantitative estimate of drug-likeness (QED) is 0.582. The number of hydrogen-bond donors (Lipinski definition) is 2. The number of ether oxygens (including phenoxy) is 1. The van der Waals surface area contributed by atoms with Crippen molar-refractivity contribution < 1.29 is 9.84 Å². The summed E-state index contributed by atoms with van der Waals surface area (Å²) in [6, 6.07) is 0.778. The van der Waals surface area contributed by atoms with Crippen LogP contribution in [-0.4, -0.2) is 62.6 Å². The molecule has 2 N–H and O–H groups in total. The zero-order chi connectivity index (χ0) is 12.4. The van der Waals surface area contributed by atoms with Crippen molar-refractivity contribution in [2.24, 2.45) is 0 Å². The molecule has 0 aromatic rings. The number of likely N-dealkylation sites (N-methyl/N-ethyl adjacent to an activating group) is 1. The lowest BCUT2D eigenvalue weighted by atomic mass is 10.1. The Morgan fingerprint density at radius 3 is 2.50 bits per heavy atom. The van der Waals surface area contributed by atoms with Gasteiger partial charge in [-0.3, -0.25) is 4.90 Å². The van der Waals surface area contributed by atoms with E-state index in [1.807, 2.05) is 7.05 Å². The van der Waals surface area contributed by atoms with E-state index in [0.717, 1.165) is 32.5 Å². The van der Waals surface area contributed by atoms with Crippen LogP contribution in [0.25, 0.3) is 0 Å². The van der Waals surface area contributed by atoms with Crippen molar-refractivity contribution in [2.75, 3.05) is 40.5 Å². The molecular weight excluding hydrogens is 204 g/mol.